The molecule has 106 valence electrons. The van der Waals surface area contributed by atoms with E-state index in [4.69, 9.17) is 0 Å². The number of nitrogens with one attached hydrogen (secondary N) is 2. The van der Waals surface area contributed by atoms with E-state index in [2.05, 4.69) is 32.6 Å². The van der Waals surface area contributed by atoms with E-state index in [0.717, 1.165) is 35.4 Å². The van der Waals surface area contributed by atoms with E-state index in [1.807, 2.05) is 26.2 Å². The Balaban J connectivity index is 1.89. The maximum absolute atomic E-state index is 4.62. The monoisotopic (exact) mass is 272 g/mol. The molecule has 1 aliphatic rings. The van der Waals surface area contributed by atoms with Crippen molar-refractivity contribution in [2.45, 2.75) is 32.6 Å². The Kier molecular flexibility index (Phi) is 3.30. The molecule has 0 bridgehead atoms. The maximum atomic E-state index is 4.62. The van der Waals surface area contributed by atoms with Crippen LogP contribution in [0.5, 0.6) is 0 Å². The summed E-state index contributed by atoms with van der Waals surface area (Å²) in [4.78, 5) is 9.20. The predicted molar refractivity (Wildman–Crippen MR) is 79.4 cm³/mol. The first-order chi connectivity index (χ1) is 9.65. The third-order valence-electron chi connectivity index (χ3n) is 3.32. The van der Waals surface area contributed by atoms with Gasteiger partial charge in [-0.1, -0.05) is 0 Å². The second-order valence-corrected chi connectivity index (χ2v) is 5.23. The maximum Gasteiger partial charge on any atom is 0.136 e. The number of rotatable bonds is 5. The third-order valence-corrected chi connectivity index (χ3v) is 3.32. The molecule has 3 rings (SSSR count). The fourth-order valence-corrected chi connectivity index (χ4v) is 2.19. The van der Waals surface area contributed by atoms with E-state index in [1.54, 1.807) is 4.68 Å². The molecule has 2 aromatic heterocycles. The number of aromatic nitrogens is 4. The van der Waals surface area contributed by atoms with E-state index >= 15 is 0 Å². The Hall–Kier alpha value is -2.11. The quantitative estimate of drug-likeness (QED) is 0.875. The van der Waals surface area contributed by atoms with Crippen LogP contribution >= 0.6 is 0 Å². The highest BCUT2D eigenvalue weighted by molar-refractivity contribution is 5.60. The molecule has 1 fully saturated rings. The van der Waals surface area contributed by atoms with Crippen LogP contribution in [0.15, 0.2) is 12.3 Å². The van der Waals surface area contributed by atoms with Crippen molar-refractivity contribution in [1.82, 2.24) is 19.7 Å². The van der Waals surface area contributed by atoms with Crippen LogP contribution in [0.2, 0.25) is 0 Å². The molecule has 1 aliphatic carbocycles. The van der Waals surface area contributed by atoms with Crippen molar-refractivity contribution < 1.29 is 0 Å². The van der Waals surface area contributed by atoms with Gasteiger partial charge in [0.2, 0.25) is 0 Å². The Bertz CT molecular complexity index is 614. The van der Waals surface area contributed by atoms with Crippen LogP contribution in [-0.4, -0.2) is 26.3 Å². The molecule has 6 nitrogen and oxygen atoms in total. The number of nitrogens with zero attached hydrogens (tertiary/aromatic N) is 4. The highest BCUT2D eigenvalue weighted by atomic mass is 15.3. The van der Waals surface area contributed by atoms with Gasteiger partial charge < -0.3 is 10.6 Å². The second kappa shape index (κ2) is 5.11. The van der Waals surface area contributed by atoms with Crippen molar-refractivity contribution in [3.63, 3.8) is 0 Å². The van der Waals surface area contributed by atoms with Crippen LogP contribution in [0.3, 0.4) is 0 Å². The summed E-state index contributed by atoms with van der Waals surface area (Å²) in [6.45, 7) is 4.90. The molecular formula is C14H20N6. The van der Waals surface area contributed by atoms with Crippen molar-refractivity contribution in [2.24, 2.45) is 7.05 Å². The van der Waals surface area contributed by atoms with Crippen LogP contribution in [0.4, 0.5) is 17.3 Å². The molecule has 20 heavy (non-hydrogen) atoms. The lowest BCUT2D eigenvalue weighted by molar-refractivity contribution is 0.756. The molecule has 0 spiro atoms. The summed E-state index contributed by atoms with van der Waals surface area (Å²) >= 11 is 0. The highest BCUT2D eigenvalue weighted by Crippen LogP contribution is 2.39. The topological polar surface area (TPSA) is 67.7 Å². The fraction of sp³-hybridized carbons (Fsp3) is 0.500. The lowest BCUT2D eigenvalue weighted by Gasteiger charge is -2.09. The highest BCUT2D eigenvalue weighted by Gasteiger charge is 2.27. The molecule has 0 aromatic carbocycles. The Morgan fingerprint density at radius 3 is 2.65 bits per heavy atom. The SMILES string of the molecule is CCNc1cc(Nc2cn(C)nc2C)nc(C2CC2)n1. The van der Waals surface area contributed by atoms with Crippen LogP contribution < -0.4 is 10.6 Å². The Morgan fingerprint density at radius 1 is 1.30 bits per heavy atom. The minimum Gasteiger partial charge on any atom is -0.370 e. The van der Waals surface area contributed by atoms with Gasteiger partial charge >= 0.3 is 0 Å². The summed E-state index contributed by atoms with van der Waals surface area (Å²) in [5, 5.41) is 10.9. The van der Waals surface area contributed by atoms with Gasteiger partial charge in [0.25, 0.3) is 0 Å². The van der Waals surface area contributed by atoms with Crippen molar-refractivity contribution in [2.75, 3.05) is 17.2 Å². The molecule has 2 heterocycles. The molecule has 0 atom stereocenters. The number of hydrogen-bond donors (Lipinski definition) is 2. The standard InChI is InChI=1S/C14H20N6/c1-4-15-12-7-13(18-14(17-12)10-5-6-10)16-11-8-20(3)19-9(11)2/h7-8,10H,4-6H2,1-3H3,(H2,15,16,17,18). The van der Waals surface area contributed by atoms with Gasteiger partial charge in [-0.15, -0.1) is 0 Å². The molecule has 0 aliphatic heterocycles. The molecule has 6 heteroatoms. The van der Waals surface area contributed by atoms with E-state index in [9.17, 15) is 0 Å². The number of hydrogen-bond acceptors (Lipinski definition) is 5. The predicted octanol–water partition coefficient (Wildman–Crippen LogP) is 2.57. The molecular weight excluding hydrogens is 252 g/mol. The molecule has 0 unspecified atom stereocenters. The zero-order valence-electron chi connectivity index (χ0n) is 12.1. The molecule has 1 saturated carbocycles. The zero-order valence-corrected chi connectivity index (χ0v) is 12.1. The Morgan fingerprint density at radius 2 is 2.05 bits per heavy atom. The smallest absolute Gasteiger partial charge is 0.136 e. The largest absolute Gasteiger partial charge is 0.370 e. The summed E-state index contributed by atoms with van der Waals surface area (Å²) in [7, 11) is 1.91. The van der Waals surface area contributed by atoms with Crippen LogP contribution in [0.25, 0.3) is 0 Å². The lowest BCUT2D eigenvalue weighted by atomic mass is 10.3. The fourth-order valence-electron chi connectivity index (χ4n) is 2.19. The van der Waals surface area contributed by atoms with Crippen molar-refractivity contribution in [3.05, 3.63) is 23.8 Å². The van der Waals surface area contributed by atoms with Crippen LogP contribution in [0, 0.1) is 6.92 Å². The second-order valence-electron chi connectivity index (χ2n) is 5.23. The van der Waals surface area contributed by atoms with E-state index in [-0.39, 0.29) is 0 Å². The van der Waals surface area contributed by atoms with Crippen LogP contribution in [-0.2, 0) is 7.05 Å². The van der Waals surface area contributed by atoms with Gasteiger partial charge in [-0.2, -0.15) is 5.10 Å². The third kappa shape index (κ3) is 2.74. The van der Waals surface area contributed by atoms with E-state index in [0.29, 0.717) is 5.92 Å². The van der Waals surface area contributed by atoms with Crippen LogP contribution in [0.1, 0.15) is 37.2 Å². The summed E-state index contributed by atoms with van der Waals surface area (Å²) < 4.78 is 1.80. The van der Waals surface area contributed by atoms with Gasteiger partial charge in [-0.3, -0.25) is 4.68 Å². The van der Waals surface area contributed by atoms with Crippen molar-refractivity contribution >= 4 is 17.3 Å². The molecule has 2 aromatic rings. The molecule has 0 saturated heterocycles. The minimum absolute atomic E-state index is 0.532. The van der Waals surface area contributed by atoms with E-state index in [1.165, 1.54) is 12.8 Å². The number of anilines is 3. The van der Waals surface area contributed by atoms with Gasteiger partial charge in [0, 0.05) is 31.8 Å². The van der Waals surface area contributed by atoms with Gasteiger partial charge in [0.15, 0.2) is 0 Å². The summed E-state index contributed by atoms with van der Waals surface area (Å²) in [5.41, 5.74) is 1.94. The van der Waals surface area contributed by atoms with Crippen molar-refractivity contribution in [1.29, 1.82) is 0 Å². The first-order valence-corrected chi connectivity index (χ1v) is 7.06. The summed E-state index contributed by atoms with van der Waals surface area (Å²) in [5.74, 6) is 3.18. The van der Waals surface area contributed by atoms with E-state index < -0.39 is 0 Å². The molecule has 0 radical (unpaired) electrons. The summed E-state index contributed by atoms with van der Waals surface area (Å²) in [6, 6.07) is 1.95. The minimum atomic E-state index is 0.532. The average molecular weight is 272 g/mol. The number of aryl methyl sites for hydroxylation is 2. The zero-order chi connectivity index (χ0) is 14.1. The molecule has 0 amide bonds. The first-order valence-electron chi connectivity index (χ1n) is 7.06. The first kappa shape index (κ1) is 12.9. The van der Waals surface area contributed by atoms with Crippen molar-refractivity contribution in [3.8, 4) is 0 Å². The van der Waals surface area contributed by atoms with Gasteiger partial charge in [-0.25, -0.2) is 9.97 Å². The lowest BCUT2D eigenvalue weighted by Crippen LogP contribution is -2.05. The average Bonchev–Trinajstić information content (AvgIpc) is 3.18. The van der Waals surface area contributed by atoms with Gasteiger partial charge in [-0.05, 0) is 26.7 Å². The normalized spacial score (nSPS) is 14.3. The Labute approximate surface area is 118 Å². The summed E-state index contributed by atoms with van der Waals surface area (Å²) in [6.07, 6.45) is 4.35. The van der Waals surface area contributed by atoms with Gasteiger partial charge in [0.05, 0.1) is 11.4 Å². The molecule has 2 N–H and O–H groups in total. The van der Waals surface area contributed by atoms with Gasteiger partial charge in [0.1, 0.15) is 17.5 Å².